The fourth-order valence-corrected chi connectivity index (χ4v) is 4.64. The summed E-state index contributed by atoms with van der Waals surface area (Å²) < 4.78 is 7.97. The fourth-order valence-electron chi connectivity index (χ4n) is 4.64. The Hall–Kier alpha value is -1.95. The van der Waals surface area contributed by atoms with Gasteiger partial charge in [-0.3, -0.25) is 4.68 Å². The van der Waals surface area contributed by atoms with Crippen LogP contribution in [0.5, 0.6) is 0 Å². The number of ether oxygens (including phenoxy) is 1. The molecule has 0 aromatic carbocycles. The maximum Gasteiger partial charge on any atom is 0.223 e. The van der Waals surface area contributed by atoms with E-state index in [0.717, 1.165) is 50.0 Å². The zero-order valence-electron chi connectivity index (χ0n) is 16.6. The first-order chi connectivity index (χ1) is 13.9. The van der Waals surface area contributed by atoms with Crippen LogP contribution in [0.4, 0.5) is 5.95 Å². The molecule has 6 nitrogen and oxygen atoms in total. The van der Waals surface area contributed by atoms with E-state index in [2.05, 4.69) is 15.0 Å². The average molecular weight is 382 g/mol. The van der Waals surface area contributed by atoms with Gasteiger partial charge in [0.05, 0.1) is 24.5 Å². The van der Waals surface area contributed by atoms with E-state index in [1.54, 1.807) is 0 Å². The highest BCUT2D eigenvalue weighted by molar-refractivity contribution is 5.62. The standard InChI is InChI=1S/C22H31N5O/c1-2-5-17(6-3-1)25-22-23-11-10-20(26-22)19-14-24-27(18-7-4-12-28-15-18)21(19)13-16-8-9-16/h10-11,14,16-18H,1-9,12-13,15H2,(H,23,25,26). The van der Waals surface area contributed by atoms with E-state index in [9.17, 15) is 0 Å². The predicted molar refractivity (Wildman–Crippen MR) is 109 cm³/mol. The molecule has 0 amide bonds. The third-order valence-corrected chi connectivity index (χ3v) is 6.43. The molecule has 1 unspecified atom stereocenters. The van der Waals surface area contributed by atoms with Crippen LogP contribution in [0.3, 0.4) is 0 Å². The maximum absolute atomic E-state index is 5.73. The van der Waals surface area contributed by atoms with E-state index in [-0.39, 0.29) is 0 Å². The molecule has 3 heterocycles. The van der Waals surface area contributed by atoms with Gasteiger partial charge in [-0.25, -0.2) is 9.97 Å². The number of nitrogens with zero attached hydrogens (tertiary/aromatic N) is 4. The Morgan fingerprint density at radius 2 is 1.96 bits per heavy atom. The summed E-state index contributed by atoms with van der Waals surface area (Å²) in [6.45, 7) is 1.65. The molecule has 2 aromatic rings. The largest absolute Gasteiger partial charge is 0.379 e. The molecule has 28 heavy (non-hydrogen) atoms. The Balaban J connectivity index is 1.41. The van der Waals surface area contributed by atoms with Crippen molar-refractivity contribution in [1.82, 2.24) is 19.7 Å². The second-order valence-corrected chi connectivity index (χ2v) is 8.71. The van der Waals surface area contributed by atoms with E-state index in [1.807, 2.05) is 18.5 Å². The Bertz CT molecular complexity index is 788. The van der Waals surface area contributed by atoms with Crippen molar-refractivity contribution in [2.75, 3.05) is 18.5 Å². The minimum atomic E-state index is 0.359. The molecular formula is C22H31N5O. The van der Waals surface area contributed by atoms with Crippen LogP contribution < -0.4 is 5.32 Å². The number of nitrogens with one attached hydrogen (secondary N) is 1. The summed E-state index contributed by atoms with van der Waals surface area (Å²) >= 11 is 0. The van der Waals surface area contributed by atoms with Gasteiger partial charge in [-0.1, -0.05) is 19.3 Å². The van der Waals surface area contributed by atoms with Crippen molar-refractivity contribution in [3.8, 4) is 11.3 Å². The van der Waals surface area contributed by atoms with E-state index in [0.29, 0.717) is 12.1 Å². The molecule has 3 aliphatic rings. The Kier molecular flexibility index (Phi) is 5.30. The molecule has 1 atom stereocenters. The molecule has 0 radical (unpaired) electrons. The Labute approximate surface area is 167 Å². The molecule has 1 saturated heterocycles. The Morgan fingerprint density at radius 1 is 1.07 bits per heavy atom. The summed E-state index contributed by atoms with van der Waals surface area (Å²) in [5.74, 6) is 1.57. The van der Waals surface area contributed by atoms with Crippen molar-refractivity contribution in [1.29, 1.82) is 0 Å². The van der Waals surface area contributed by atoms with Crippen LogP contribution in [0.2, 0.25) is 0 Å². The molecule has 1 N–H and O–H groups in total. The molecular weight excluding hydrogens is 350 g/mol. The number of aromatic nitrogens is 4. The minimum Gasteiger partial charge on any atom is -0.379 e. The van der Waals surface area contributed by atoms with Crippen molar-refractivity contribution in [3.05, 3.63) is 24.2 Å². The highest BCUT2D eigenvalue weighted by Gasteiger charge is 2.29. The second-order valence-electron chi connectivity index (χ2n) is 8.71. The lowest BCUT2D eigenvalue weighted by Gasteiger charge is -2.24. The summed E-state index contributed by atoms with van der Waals surface area (Å²) in [6.07, 6.45) is 16.3. The van der Waals surface area contributed by atoms with E-state index >= 15 is 0 Å². The first-order valence-corrected chi connectivity index (χ1v) is 11.1. The van der Waals surface area contributed by atoms with Crippen LogP contribution in [-0.2, 0) is 11.2 Å². The van der Waals surface area contributed by atoms with Crippen LogP contribution in [-0.4, -0.2) is 39.0 Å². The lowest BCUT2D eigenvalue weighted by Crippen LogP contribution is -2.24. The predicted octanol–water partition coefficient (Wildman–Crippen LogP) is 4.39. The highest BCUT2D eigenvalue weighted by atomic mass is 16.5. The van der Waals surface area contributed by atoms with E-state index < -0.39 is 0 Å². The summed E-state index contributed by atoms with van der Waals surface area (Å²) in [7, 11) is 0. The second kappa shape index (κ2) is 8.19. The van der Waals surface area contributed by atoms with Crippen LogP contribution in [0.25, 0.3) is 11.3 Å². The zero-order valence-corrected chi connectivity index (χ0v) is 16.6. The smallest absolute Gasteiger partial charge is 0.223 e. The quantitative estimate of drug-likeness (QED) is 0.804. The first-order valence-electron chi connectivity index (χ1n) is 11.1. The van der Waals surface area contributed by atoms with Crippen LogP contribution in [0.15, 0.2) is 18.5 Å². The molecule has 0 spiro atoms. The lowest BCUT2D eigenvalue weighted by molar-refractivity contribution is 0.0538. The van der Waals surface area contributed by atoms with Gasteiger partial charge in [-0.05, 0) is 56.9 Å². The molecule has 5 rings (SSSR count). The number of anilines is 1. The summed E-state index contributed by atoms with van der Waals surface area (Å²) in [4.78, 5) is 9.37. The lowest BCUT2D eigenvalue weighted by atomic mass is 9.96. The van der Waals surface area contributed by atoms with Crippen molar-refractivity contribution in [3.63, 3.8) is 0 Å². The summed E-state index contributed by atoms with van der Waals surface area (Å²) in [5, 5.41) is 8.36. The monoisotopic (exact) mass is 381 g/mol. The van der Waals surface area contributed by atoms with Gasteiger partial charge >= 0.3 is 0 Å². The fraction of sp³-hybridized carbons (Fsp3) is 0.682. The molecule has 2 saturated carbocycles. The SMILES string of the molecule is c1cc(-c2cnn(C3CCCOC3)c2CC2CC2)nc(NC2CCCCC2)n1. The molecule has 6 heteroatoms. The molecule has 0 bridgehead atoms. The summed E-state index contributed by atoms with van der Waals surface area (Å²) in [6, 6.07) is 2.90. The van der Waals surface area contributed by atoms with Crippen LogP contribution in [0.1, 0.15) is 69.5 Å². The van der Waals surface area contributed by atoms with E-state index in [4.69, 9.17) is 14.8 Å². The van der Waals surface area contributed by atoms with E-state index in [1.165, 1.54) is 56.2 Å². The molecule has 150 valence electrons. The van der Waals surface area contributed by atoms with Gasteiger partial charge in [0.1, 0.15) is 0 Å². The average Bonchev–Trinajstić information content (AvgIpc) is 3.47. The van der Waals surface area contributed by atoms with Gasteiger partial charge in [0.2, 0.25) is 5.95 Å². The van der Waals surface area contributed by atoms with Gasteiger partial charge in [0.25, 0.3) is 0 Å². The maximum atomic E-state index is 5.73. The molecule has 2 aromatic heterocycles. The number of rotatable bonds is 6. The van der Waals surface area contributed by atoms with Crippen molar-refractivity contribution < 1.29 is 4.74 Å². The topological polar surface area (TPSA) is 64.9 Å². The van der Waals surface area contributed by atoms with Gasteiger partial charge < -0.3 is 10.1 Å². The molecule has 1 aliphatic heterocycles. The van der Waals surface area contributed by atoms with Gasteiger partial charge in [0.15, 0.2) is 0 Å². The molecule has 3 fully saturated rings. The van der Waals surface area contributed by atoms with Crippen LogP contribution >= 0.6 is 0 Å². The normalized spacial score (nSPS) is 23.6. The number of hydrogen-bond acceptors (Lipinski definition) is 5. The Morgan fingerprint density at radius 3 is 2.75 bits per heavy atom. The van der Waals surface area contributed by atoms with Gasteiger partial charge in [-0.15, -0.1) is 0 Å². The van der Waals surface area contributed by atoms with Crippen molar-refractivity contribution in [2.24, 2.45) is 5.92 Å². The van der Waals surface area contributed by atoms with Gasteiger partial charge in [0, 0.05) is 30.1 Å². The van der Waals surface area contributed by atoms with Crippen LogP contribution in [0, 0.1) is 5.92 Å². The number of hydrogen-bond donors (Lipinski definition) is 1. The third kappa shape index (κ3) is 4.07. The van der Waals surface area contributed by atoms with Crippen molar-refractivity contribution >= 4 is 5.95 Å². The van der Waals surface area contributed by atoms with Gasteiger partial charge in [-0.2, -0.15) is 5.10 Å². The van der Waals surface area contributed by atoms with Crippen molar-refractivity contribution in [2.45, 2.75) is 76.3 Å². The molecule has 2 aliphatic carbocycles. The third-order valence-electron chi connectivity index (χ3n) is 6.43. The highest BCUT2D eigenvalue weighted by Crippen LogP contribution is 2.37. The minimum absolute atomic E-state index is 0.359. The first kappa shape index (κ1) is 18.1. The summed E-state index contributed by atoms with van der Waals surface area (Å²) in [5.41, 5.74) is 3.50. The zero-order chi connectivity index (χ0) is 18.8.